The Morgan fingerprint density at radius 2 is 2.03 bits per heavy atom. The minimum absolute atomic E-state index is 0.0200. The zero-order chi connectivity index (χ0) is 24.3. The number of carbonyl (C=O) groups is 1. The van der Waals surface area contributed by atoms with E-state index >= 15 is 0 Å². The fourth-order valence-corrected chi connectivity index (χ4v) is 3.72. The van der Waals surface area contributed by atoms with Crippen LogP contribution in [0.5, 0.6) is 5.88 Å². The molecule has 0 saturated carbocycles. The van der Waals surface area contributed by atoms with Gasteiger partial charge in [0.05, 0.1) is 29.5 Å². The number of halogens is 2. The van der Waals surface area contributed by atoms with Gasteiger partial charge in [-0.25, -0.2) is 14.1 Å². The van der Waals surface area contributed by atoms with Gasteiger partial charge in [0.2, 0.25) is 11.7 Å². The van der Waals surface area contributed by atoms with E-state index in [4.69, 9.17) is 20.9 Å². The van der Waals surface area contributed by atoms with Crippen LogP contribution in [-0.4, -0.2) is 44.0 Å². The average molecular weight is 485 g/mol. The van der Waals surface area contributed by atoms with E-state index in [-0.39, 0.29) is 23.8 Å². The van der Waals surface area contributed by atoms with Crippen molar-refractivity contribution in [2.75, 3.05) is 13.2 Å². The Hall–Kier alpha value is -3.79. The molecule has 0 spiro atoms. The van der Waals surface area contributed by atoms with Crippen molar-refractivity contribution >= 4 is 17.5 Å². The van der Waals surface area contributed by atoms with Crippen molar-refractivity contribution in [2.24, 2.45) is 7.05 Å². The van der Waals surface area contributed by atoms with E-state index in [0.29, 0.717) is 28.9 Å². The van der Waals surface area contributed by atoms with Crippen LogP contribution in [0.4, 0.5) is 4.39 Å². The molecule has 0 saturated heterocycles. The first kappa shape index (κ1) is 23.4. The van der Waals surface area contributed by atoms with Crippen LogP contribution in [0.25, 0.3) is 11.4 Å². The zero-order valence-corrected chi connectivity index (χ0v) is 19.5. The summed E-state index contributed by atoms with van der Waals surface area (Å²) >= 11 is 6.16. The average Bonchev–Trinajstić information content (AvgIpc) is 3.46. The Labute approximate surface area is 199 Å². The first-order valence-corrected chi connectivity index (χ1v) is 10.9. The van der Waals surface area contributed by atoms with Crippen LogP contribution >= 0.6 is 11.6 Å². The second-order valence-corrected chi connectivity index (χ2v) is 8.07. The van der Waals surface area contributed by atoms with Gasteiger partial charge in [0.15, 0.2) is 0 Å². The Bertz CT molecular complexity index is 1320. The molecule has 0 radical (unpaired) electrons. The summed E-state index contributed by atoms with van der Waals surface area (Å²) in [5.74, 6) is -0.912. The molecule has 0 fully saturated rings. The largest absolute Gasteiger partial charge is 0.478 e. The number of aromatic nitrogens is 5. The van der Waals surface area contributed by atoms with Crippen LogP contribution < -0.4 is 10.1 Å². The summed E-state index contributed by atoms with van der Waals surface area (Å²) in [6, 6.07) is 11.2. The van der Waals surface area contributed by atoms with Crippen molar-refractivity contribution in [3.8, 4) is 17.3 Å². The van der Waals surface area contributed by atoms with Crippen LogP contribution in [0, 0.1) is 5.82 Å². The van der Waals surface area contributed by atoms with E-state index in [1.807, 2.05) is 19.9 Å². The Kier molecular flexibility index (Phi) is 6.60. The molecule has 3 heterocycles. The van der Waals surface area contributed by atoms with E-state index in [1.54, 1.807) is 42.2 Å². The topological polar surface area (TPSA) is 108 Å². The molecule has 1 atom stereocenters. The third-order valence-electron chi connectivity index (χ3n) is 5.38. The molecule has 1 aromatic carbocycles. The first-order chi connectivity index (χ1) is 16.3. The number of amides is 1. The molecule has 1 N–H and O–H groups in total. The highest BCUT2D eigenvalue weighted by atomic mass is 35.5. The quantitative estimate of drug-likeness (QED) is 0.379. The second-order valence-electron chi connectivity index (χ2n) is 7.68. The number of nitrogens with zero attached hydrogens (tertiary/aromatic N) is 5. The number of nitrogens with one attached hydrogen (secondary N) is 1. The number of pyridine rings is 1. The zero-order valence-electron chi connectivity index (χ0n) is 18.7. The number of ether oxygens (including phenoxy) is 1. The predicted octanol–water partition coefficient (Wildman–Crippen LogP) is 3.79. The number of aryl methyl sites for hydroxylation is 1. The molecule has 0 aliphatic rings. The summed E-state index contributed by atoms with van der Waals surface area (Å²) in [5.41, 5.74) is 0.583. The van der Waals surface area contributed by atoms with Gasteiger partial charge in [-0.2, -0.15) is 10.1 Å². The lowest BCUT2D eigenvalue weighted by molar-refractivity contribution is 0.0902. The lowest BCUT2D eigenvalue weighted by atomic mass is 9.80. The normalized spacial score (nSPS) is 12.9. The molecule has 11 heteroatoms. The van der Waals surface area contributed by atoms with Crippen LogP contribution in [0.15, 0.2) is 53.2 Å². The lowest BCUT2D eigenvalue weighted by Crippen LogP contribution is -2.40. The molecule has 4 aromatic rings. The highest BCUT2D eigenvalue weighted by molar-refractivity contribution is 6.29. The van der Waals surface area contributed by atoms with Gasteiger partial charge in [0.25, 0.3) is 0 Å². The standard InChI is InChI=1S/C23H22ClFN6O3/c1-4-33-22-15(12-27-31(22)3)23(2,17-10-7-11-18(24)28-17)13-26-20(32)21-29-19(30-34-21)14-8-5-6-9-16(14)25/h5-12H,4,13H2,1-3H3,(H,26,32). The summed E-state index contributed by atoms with van der Waals surface area (Å²) in [6.45, 7) is 4.28. The van der Waals surface area contributed by atoms with Crippen molar-refractivity contribution in [3.63, 3.8) is 0 Å². The van der Waals surface area contributed by atoms with Crippen molar-refractivity contribution in [1.82, 2.24) is 30.2 Å². The smallest absolute Gasteiger partial charge is 0.316 e. The van der Waals surface area contributed by atoms with Crippen molar-refractivity contribution in [3.05, 3.63) is 76.8 Å². The van der Waals surface area contributed by atoms with Crippen LogP contribution in [0.1, 0.15) is 35.8 Å². The predicted molar refractivity (Wildman–Crippen MR) is 122 cm³/mol. The molecular formula is C23H22ClFN6O3. The van der Waals surface area contributed by atoms with E-state index < -0.39 is 17.1 Å². The molecule has 34 heavy (non-hydrogen) atoms. The van der Waals surface area contributed by atoms with Gasteiger partial charge in [0.1, 0.15) is 11.0 Å². The highest BCUT2D eigenvalue weighted by Crippen LogP contribution is 2.36. The van der Waals surface area contributed by atoms with E-state index in [9.17, 15) is 9.18 Å². The van der Waals surface area contributed by atoms with Crippen molar-refractivity contribution in [1.29, 1.82) is 0 Å². The van der Waals surface area contributed by atoms with Crippen LogP contribution in [0.2, 0.25) is 5.15 Å². The van der Waals surface area contributed by atoms with Gasteiger partial charge in [0, 0.05) is 19.2 Å². The van der Waals surface area contributed by atoms with E-state index in [1.165, 1.54) is 12.1 Å². The summed E-state index contributed by atoms with van der Waals surface area (Å²) < 4.78 is 26.5. The number of hydrogen-bond donors (Lipinski definition) is 1. The summed E-state index contributed by atoms with van der Waals surface area (Å²) in [4.78, 5) is 21.4. The first-order valence-electron chi connectivity index (χ1n) is 10.5. The second kappa shape index (κ2) is 9.60. The van der Waals surface area contributed by atoms with Gasteiger partial charge in [-0.15, -0.1) is 0 Å². The molecule has 9 nitrogen and oxygen atoms in total. The Balaban J connectivity index is 1.63. The number of carbonyl (C=O) groups excluding carboxylic acids is 1. The maximum absolute atomic E-state index is 14.0. The van der Waals surface area contributed by atoms with Crippen molar-refractivity contribution < 1.29 is 18.4 Å². The maximum Gasteiger partial charge on any atom is 0.316 e. The Morgan fingerprint density at radius 1 is 1.24 bits per heavy atom. The Morgan fingerprint density at radius 3 is 2.76 bits per heavy atom. The monoisotopic (exact) mass is 484 g/mol. The SMILES string of the molecule is CCOc1c(C(C)(CNC(=O)c2nc(-c3ccccc3F)no2)c2cccc(Cl)n2)cnn1C. The number of benzene rings is 1. The molecule has 176 valence electrons. The summed E-state index contributed by atoms with van der Waals surface area (Å²) in [6.07, 6.45) is 1.67. The molecule has 3 aromatic heterocycles. The van der Waals surface area contributed by atoms with Gasteiger partial charge >= 0.3 is 11.8 Å². The molecule has 0 aliphatic heterocycles. The number of hydrogen-bond acceptors (Lipinski definition) is 7. The molecule has 4 rings (SSSR count). The van der Waals surface area contributed by atoms with Crippen LogP contribution in [-0.2, 0) is 12.5 Å². The van der Waals surface area contributed by atoms with Gasteiger partial charge < -0.3 is 14.6 Å². The van der Waals surface area contributed by atoms with Gasteiger partial charge in [-0.05, 0) is 38.1 Å². The minimum Gasteiger partial charge on any atom is -0.478 e. The molecule has 1 unspecified atom stereocenters. The molecule has 0 aliphatic carbocycles. The molecule has 0 bridgehead atoms. The maximum atomic E-state index is 14.0. The summed E-state index contributed by atoms with van der Waals surface area (Å²) in [7, 11) is 1.77. The number of rotatable bonds is 8. The minimum atomic E-state index is -0.867. The third kappa shape index (κ3) is 4.49. The lowest BCUT2D eigenvalue weighted by Gasteiger charge is -2.29. The van der Waals surface area contributed by atoms with Gasteiger partial charge in [-0.1, -0.05) is 35.0 Å². The summed E-state index contributed by atoms with van der Waals surface area (Å²) in [5, 5.41) is 11.2. The highest BCUT2D eigenvalue weighted by Gasteiger charge is 2.37. The fourth-order valence-electron chi connectivity index (χ4n) is 3.55. The third-order valence-corrected chi connectivity index (χ3v) is 5.59. The fraction of sp³-hybridized carbons (Fsp3) is 0.261. The van der Waals surface area contributed by atoms with E-state index in [2.05, 4.69) is 25.5 Å². The van der Waals surface area contributed by atoms with Gasteiger partial charge in [-0.3, -0.25) is 4.79 Å². The van der Waals surface area contributed by atoms with Crippen LogP contribution in [0.3, 0.4) is 0 Å². The van der Waals surface area contributed by atoms with Crippen molar-refractivity contribution in [2.45, 2.75) is 19.3 Å². The van der Waals surface area contributed by atoms with E-state index in [0.717, 1.165) is 0 Å². The molecule has 1 amide bonds. The molecular weight excluding hydrogens is 463 g/mol.